The van der Waals surface area contributed by atoms with Crippen LogP contribution in [0.25, 0.3) is 0 Å². The lowest BCUT2D eigenvalue weighted by Gasteiger charge is -2.60. The number of rotatable bonds is 2. The fourth-order valence-corrected chi connectivity index (χ4v) is 8.06. The smallest absolute Gasteiger partial charge is 0.0807 e. The number of aliphatic hydroxyl groups excluding tert-OH is 2. The van der Waals surface area contributed by atoms with Crippen molar-refractivity contribution in [2.24, 2.45) is 40.4 Å². The summed E-state index contributed by atoms with van der Waals surface area (Å²) in [7, 11) is 0. The van der Waals surface area contributed by atoms with Crippen molar-refractivity contribution in [3.8, 4) is 0 Å². The zero-order chi connectivity index (χ0) is 17.1. The molecule has 2 unspecified atom stereocenters. The molecule has 4 rings (SSSR count). The maximum Gasteiger partial charge on any atom is 0.0807 e. The van der Waals surface area contributed by atoms with Crippen LogP contribution >= 0.6 is 0 Å². The van der Waals surface area contributed by atoms with E-state index in [4.69, 9.17) is 0 Å². The highest BCUT2D eigenvalue weighted by Crippen LogP contribution is 2.68. The zero-order valence-corrected chi connectivity index (χ0v) is 15.6. The molecule has 2 nitrogen and oxygen atoms in total. The molecule has 0 saturated heterocycles. The second kappa shape index (κ2) is 5.84. The molecule has 0 aromatic carbocycles. The highest BCUT2D eigenvalue weighted by molar-refractivity contribution is 5.23. The van der Waals surface area contributed by atoms with Gasteiger partial charge in [0.1, 0.15) is 0 Å². The molecule has 2 N–H and O–H groups in total. The summed E-state index contributed by atoms with van der Waals surface area (Å²) in [6.45, 7) is 9.37. The summed E-state index contributed by atoms with van der Waals surface area (Å²) < 4.78 is 0. The van der Waals surface area contributed by atoms with Gasteiger partial charge in [0.05, 0.1) is 12.7 Å². The third-order valence-electron chi connectivity index (χ3n) is 9.22. The van der Waals surface area contributed by atoms with Crippen molar-refractivity contribution >= 4 is 0 Å². The Morgan fingerprint density at radius 3 is 2.62 bits per heavy atom. The lowest BCUT2D eigenvalue weighted by Crippen LogP contribution is -2.53. The zero-order valence-electron chi connectivity index (χ0n) is 15.6. The number of hydrogen-bond donors (Lipinski definition) is 2. The first kappa shape index (κ1) is 17.1. The largest absolute Gasteiger partial charge is 0.394 e. The normalized spacial score (nSPS) is 52.3. The van der Waals surface area contributed by atoms with Crippen LogP contribution in [0.4, 0.5) is 0 Å². The SMILES string of the molecule is C=C1C[C@H](C(O)CO)[C@@]2(C)CC[C@H]3[C@@H](CCC4CCCC[C@@]43C)[C@H]12. The Bertz CT molecular complexity index is 514. The van der Waals surface area contributed by atoms with Gasteiger partial charge in [-0.3, -0.25) is 0 Å². The van der Waals surface area contributed by atoms with E-state index in [1.807, 2.05) is 0 Å². The topological polar surface area (TPSA) is 40.5 Å². The standard InChI is InChI=1S/C22H36O2/c1-14-12-18(19(24)13-23)22(3)11-9-17-16(20(14)22)8-7-15-6-4-5-10-21(15,17)2/h15-20,23-24H,1,4-13H2,2-3H3/t15?,16-,17+,18-,19?,20+,21+,22-/m1/s1. The number of allylic oxidation sites excluding steroid dienone is 1. The van der Waals surface area contributed by atoms with E-state index in [1.54, 1.807) is 0 Å². The molecular formula is C22H36O2. The summed E-state index contributed by atoms with van der Waals surface area (Å²) in [6, 6.07) is 0. The van der Waals surface area contributed by atoms with Gasteiger partial charge in [-0.05, 0) is 85.4 Å². The van der Waals surface area contributed by atoms with Crippen LogP contribution in [0.15, 0.2) is 12.2 Å². The number of fused-ring (bicyclic) bond motifs is 5. The third-order valence-corrected chi connectivity index (χ3v) is 9.22. The molecule has 136 valence electrons. The Kier molecular flexibility index (Phi) is 4.16. The van der Waals surface area contributed by atoms with Gasteiger partial charge in [-0.2, -0.15) is 0 Å². The molecule has 4 fully saturated rings. The minimum atomic E-state index is -0.574. The van der Waals surface area contributed by atoms with E-state index in [0.717, 1.165) is 24.2 Å². The summed E-state index contributed by atoms with van der Waals surface area (Å²) in [5.41, 5.74) is 2.08. The predicted molar refractivity (Wildman–Crippen MR) is 97.4 cm³/mol. The van der Waals surface area contributed by atoms with E-state index in [2.05, 4.69) is 20.4 Å². The quantitative estimate of drug-likeness (QED) is 0.728. The van der Waals surface area contributed by atoms with E-state index < -0.39 is 6.10 Å². The predicted octanol–water partition coefficient (Wildman–Crippen LogP) is 4.55. The van der Waals surface area contributed by atoms with Gasteiger partial charge in [0.2, 0.25) is 0 Å². The molecule has 4 aliphatic rings. The van der Waals surface area contributed by atoms with Crippen LogP contribution in [0.5, 0.6) is 0 Å². The van der Waals surface area contributed by atoms with Gasteiger partial charge < -0.3 is 10.2 Å². The van der Waals surface area contributed by atoms with Crippen LogP contribution in [-0.2, 0) is 0 Å². The van der Waals surface area contributed by atoms with E-state index in [1.165, 1.54) is 56.9 Å². The summed E-state index contributed by atoms with van der Waals surface area (Å²) in [6.07, 6.45) is 11.4. The van der Waals surface area contributed by atoms with Gasteiger partial charge >= 0.3 is 0 Å². The molecule has 2 heteroatoms. The summed E-state index contributed by atoms with van der Waals surface area (Å²) in [4.78, 5) is 0. The van der Waals surface area contributed by atoms with Crippen molar-refractivity contribution in [1.29, 1.82) is 0 Å². The Balaban J connectivity index is 1.65. The average Bonchev–Trinajstić information content (AvgIpc) is 2.85. The monoisotopic (exact) mass is 332 g/mol. The molecule has 0 amide bonds. The Hall–Kier alpha value is -0.340. The lowest BCUT2D eigenvalue weighted by atomic mass is 9.44. The number of aliphatic hydroxyl groups is 2. The van der Waals surface area contributed by atoms with Crippen LogP contribution < -0.4 is 0 Å². The van der Waals surface area contributed by atoms with Crippen molar-refractivity contribution in [2.45, 2.75) is 77.7 Å². The molecule has 0 radical (unpaired) electrons. The molecule has 0 spiro atoms. The first-order valence-electron chi connectivity index (χ1n) is 10.4. The van der Waals surface area contributed by atoms with Crippen LogP contribution in [0.2, 0.25) is 0 Å². The number of hydrogen-bond acceptors (Lipinski definition) is 2. The Morgan fingerprint density at radius 1 is 1.08 bits per heavy atom. The Morgan fingerprint density at radius 2 is 1.88 bits per heavy atom. The van der Waals surface area contributed by atoms with Gasteiger partial charge in [-0.1, -0.05) is 38.8 Å². The first-order valence-corrected chi connectivity index (χ1v) is 10.4. The van der Waals surface area contributed by atoms with Crippen molar-refractivity contribution in [1.82, 2.24) is 0 Å². The lowest BCUT2D eigenvalue weighted by molar-refractivity contribution is -0.117. The van der Waals surface area contributed by atoms with Gasteiger partial charge in [0.15, 0.2) is 0 Å². The highest BCUT2D eigenvalue weighted by Gasteiger charge is 2.61. The fourth-order valence-electron chi connectivity index (χ4n) is 8.06. The highest BCUT2D eigenvalue weighted by atomic mass is 16.3. The van der Waals surface area contributed by atoms with Crippen LogP contribution in [-0.4, -0.2) is 22.9 Å². The second-order valence-corrected chi connectivity index (χ2v) is 10.0. The molecule has 0 bridgehead atoms. The summed E-state index contributed by atoms with van der Waals surface area (Å²) >= 11 is 0. The van der Waals surface area contributed by atoms with Gasteiger partial charge in [0, 0.05) is 0 Å². The molecule has 4 saturated carbocycles. The second-order valence-electron chi connectivity index (χ2n) is 10.0. The van der Waals surface area contributed by atoms with E-state index >= 15 is 0 Å². The maximum atomic E-state index is 10.4. The molecule has 8 atom stereocenters. The van der Waals surface area contributed by atoms with E-state index in [0.29, 0.717) is 11.3 Å². The summed E-state index contributed by atoms with van der Waals surface area (Å²) in [5, 5.41) is 20.0. The molecule has 24 heavy (non-hydrogen) atoms. The third kappa shape index (κ3) is 2.21. The maximum absolute atomic E-state index is 10.4. The first-order chi connectivity index (χ1) is 11.4. The van der Waals surface area contributed by atoms with Crippen LogP contribution in [0.3, 0.4) is 0 Å². The fraction of sp³-hybridized carbons (Fsp3) is 0.909. The van der Waals surface area contributed by atoms with E-state index in [9.17, 15) is 10.2 Å². The van der Waals surface area contributed by atoms with Crippen LogP contribution in [0, 0.1) is 40.4 Å². The van der Waals surface area contributed by atoms with E-state index in [-0.39, 0.29) is 17.9 Å². The van der Waals surface area contributed by atoms with Gasteiger partial charge in [-0.25, -0.2) is 0 Å². The molecule has 0 aromatic heterocycles. The van der Waals surface area contributed by atoms with Crippen molar-refractivity contribution < 1.29 is 10.2 Å². The average molecular weight is 333 g/mol. The molecule has 0 heterocycles. The summed E-state index contributed by atoms with van der Waals surface area (Å²) in [5.74, 6) is 3.35. The van der Waals surface area contributed by atoms with Crippen LogP contribution in [0.1, 0.15) is 71.6 Å². The minimum Gasteiger partial charge on any atom is -0.394 e. The molecular weight excluding hydrogens is 296 g/mol. The van der Waals surface area contributed by atoms with Crippen molar-refractivity contribution in [3.63, 3.8) is 0 Å². The minimum absolute atomic E-state index is 0.103. The molecule has 4 aliphatic carbocycles. The van der Waals surface area contributed by atoms with Crippen molar-refractivity contribution in [2.75, 3.05) is 6.61 Å². The van der Waals surface area contributed by atoms with Gasteiger partial charge in [0.25, 0.3) is 0 Å². The van der Waals surface area contributed by atoms with Gasteiger partial charge in [-0.15, -0.1) is 0 Å². The molecule has 0 aromatic rings. The Labute approximate surface area is 147 Å². The van der Waals surface area contributed by atoms with Crippen molar-refractivity contribution in [3.05, 3.63) is 12.2 Å². The molecule has 0 aliphatic heterocycles.